The third-order valence-electron chi connectivity index (χ3n) is 2.94. The maximum absolute atomic E-state index is 11.8. The third-order valence-corrected chi connectivity index (χ3v) is 2.94. The van der Waals surface area contributed by atoms with Gasteiger partial charge in [-0.1, -0.05) is 34.6 Å². The second-order valence-electron chi connectivity index (χ2n) is 6.63. The Hall–Kier alpha value is -1.26. The van der Waals surface area contributed by atoms with Gasteiger partial charge < -0.3 is 15.7 Å². The quantitative estimate of drug-likeness (QED) is 0.695. The Morgan fingerprint density at radius 3 is 1.95 bits per heavy atom. The van der Waals surface area contributed by atoms with E-state index in [4.69, 9.17) is 5.11 Å². The van der Waals surface area contributed by atoms with Crippen molar-refractivity contribution in [2.75, 3.05) is 0 Å². The molecule has 2 atom stereocenters. The van der Waals surface area contributed by atoms with Crippen LogP contribution in [0.1, 0.15) is 54.4 Å². The smallest absolute Gasteiger partial charge is 0.326 e. The van der Waals surface area contributed by atoms with Crippen LogP contribution in [0.15, 0.2) is 0 Å². The van der Waals surface area contributed by atoms with Crippen molar-refractivity contribution < 1.29 is 14.7 Å². The molecule has 0 saturated carbocycles. The normalized spacial score (nSPS) is 14.9. The predicted molar refractivity (Wildman–Crippen MR) is 76.1 cm³/mol. The summed E-state index contributed by atoms with van der Waals surface area (Å²) in [7, 11) is 0. The molecule has 0 bridgehead atoms. The second-order valence-corrected chi connectivity index (χ2v) is 6.63. The van der Waals surface area contributed by atoms with Crippen LogP contribution in [-0.4, -0.2) is 29.2 Å². The number of carbonyl (C=O) groups is 2. The zero-order chi connectivity index (χ0) is 15.2. The minimum absolute atomic E-state index is 0.0387. The van der Waals surface area contributed by atoms with Gasteiger partial charge in [-0.3, -0.25) is 0 Å². The Morgan fingerprint density at radius 1 is 1.05 bits per heavy atom. The van der Waals surface area contributed by atoms with Gasteiger partial charge in [0.2, 0.25) is 0 Å². The summed E-state index contributed by atoms with van der Waals surface area (Å²) in [6.45, 7) is 11.5. The SMILES string of the molecule is CC(C)CCC(C)NC(=O)N[C@H](C(=O)O)C(C)(C)C. The molecular weight excluding hydrogens is 244 g/mol. The van der Waals surface area contributed by atoms with Crippen LogP contribution < -0.4 is 10.6 Å². The largest absolute Gasteiger partial charge is 0.480 e. The molecule has 0 radical (unpaired) electrons. The number of hydrogen-bond acceptors (Lipinski definition) is 2. The van der Waals surface area contributed by atoms with Crippen LogP contribution in [-0.2, 0) is 4.79 Å². The van der Waals surface area contributed by atoms with Gasteiger partial charge in [-0.15, -0.1) is 0 Å². The fraction of sp³-hybridized carbons (Fsp3) is 0.857. The number of carbonyl (C=O) groups excluding carboxylic acids is 1. The Balaban J connectivity index is 4.32. The first-order valence-corrected chi connectivity index (χ1v) is 6.84. The van der Waals surface area contributed by atoms with Crippen molar-refractivity contribution >= 4 is 12.0 Å². The van der Waals surface area contributed by atoms with Crippen molar-refractivity contribution in [3.8, 4) is 0 Å². The van der Waals surface area contributed by atoms with E-state index in [-0.39, 0.29) is 6.04 Å². The van der Waals surface area contributed by atoms with Crippen LogP contribution in [0.4, 0.5) is 4.79 Å². The highest BCUT2D eigenvalue weighted by atomic mass is 16.4. The van der Waals surface area contributed by atoms with E-state index >= 15 is 0 Å². The van der Waals surface area contributed by atoms with Crippen molar-refractivity contribution in [2.45, 2.75) is 66.5 Å². The first-order chi connectivity index (χ1) is 8.54. The summed E-state index contributed by atoms with van der Waals surface area (Å²) in [5, 5.41) is 14.4. The molecule has 5 nitrogen and oxygen atoms in total. The molecular formula is C14H28N2O3. The van der Waals surface area contributed by atoms with Crippen molar-refractivity contribution in [1.29, 1.82) is 0 Å². The molecule has 112 valence electrons. The molecule has 0 aliphatic rings. The summed E-state index contributed by atoms with van der Waals surface area (Å²) >= 11 is 0. The maximum Gasteiger partial charge on any atom is 0.326 e. The summed E-state index contributed by atoms with van der Waals surface area (Å²) in [5.41, 5.74) is -0.523. The van der Waals surface area contributed by atoms with Crippen molar-refractivity contribution in [1.82, 2.24) is 10.6 Å². The third kappa shape index (κ3) is 7.70. The van der Waals surface area contributed by atoms with E-state index in [1.54, 1.807) is 20.8 Å². The molecule has 0 fully saturated rings. The van der Waals surface area contributed by atoms with Gasteiger partial charge in [-0.2, -0.15) is 0 Å². The molecule has 0 aromatic heterocycles. The average Bonchev–Trinajstić information content (AvgIpc) is 2.21. The molecule has 0 aliphatic heterocycles. The molecule has 0 rings (SSSR count). The van der Waals surface area contributed by atoms with E-state index in [1.165, 1.54) is 0 Å². The Labute approximate surface area is 116 Å². The summed E-state index contributed by atoms with van der Waals surface area (Å²) < 4.78 is 0. The molecule has 0 spiro atoms. The van der Waals surface area contributed by atoms with E-state index in [0.29, 0.717) is 5.92 Å². The van der Waals surface area contributed by atoms with E-state index in [9.17, 15) is 9.59 Å². The topological polar surface area (TPSA) is 78.4 Å². The lowest BCUT2D eigenvalue weighted by Gasteiger charge is -2.28. The number of nitrogens with one attached hydrogen (secondary N) is 2. The fourth-order valence-electron chi connectivity index (χ4n) is 1.70. The number of aliphatic carboxylic acids is 1. The molecule has 1 unspecified atom stereocenters. The molecule has 0 heterocycles. The van der Waals surface area contributed by atoms with Gasteiger partial charge in [-0.25, -0.2) is 9.59 Å². The highest BCUT2D eigenvalue weighted by Gasteiger charge is 2.32. The summed E-state index contributed by atoms with van der Waals surface area (Å²) in [6, 6.07) is -1.28. The van der Waals surface area contributed by atoms with Crippen molar-refractivity contribution in [2.24, 2.45) is 11.3 Å². The van der Waals surface area contributed by atoms with Gasteiger partial charge in [0.1, 0.15) is 6.04 Å². The lowest BCUT2D eigenvalue weighted by molar-refractivity contribution is -0.141. The number of hydrogen-bond donors (Lipinski definition) is 3. The number of urea groups is 1. The predicted octanol–water partition coefficient (Wildman–Crippen LogP) is 2.61. The minimum atomic E-state index is -1.02. The summed E-state index contributed by atoms with van der Waals surface area (Å²) in [5.74, 6) is -0.425. The van der Waals surface area contributed by atoms with E-state index in [1.807, 2.05) is 6.92 Å². The van der Waals surface area contributed by atoms with Crippen LogP contribution in [0, 0.1) is 11.3 Å². The first kappa shape index (κ1) is 17.7. The standard InChI is InChI=1S/C14H28N2O3/c1-9(2)7-8-10(3)15-13(19)16-11(12(17)18)14(4,5)6/h9-11H,7-8H2,1-6H3,(H,17,18)(H2,15,16,19)/t10?,11-/m1/s1. The molecule has 0 saturated heterocycles. The average molecular weight is 272 g/mol. The van der Waals surface area contributed by atoms with Crippen LogP contribution in [0.2, 0.25) is 0 Å². The minimum Gasteiger partial charge on any atom is -0.480 e. The number of rotatable bonds is 6. The van der Waals surface area contributed by atoms with E-state index < -0.39 is 23.5 Å². The highest BCUT2D eigenvalue weighted by molar-refractivity contribution is 5.83. The number of carboxylic acid groups (broad SMARTS) is 1. The zero-order valence-corrected chi connectivity index (χ0v) is 12.9. The van der Waals surface area contributed by atoms with Crippen LogP contribution in [0.5, 0.6) is 0 Å². The first-order valence-electron chi connectivity index (χ1n) is 6.84. The number of amides is 2. The van der Waals surface area contributed by atoms with Crippen LogP contribution in [0.25, 0.3) is 0 Å². The maximum atomic E-state index is 11.8. The van der Waals surface area contributed by atoms with Gasteiger partial charge in [0.05, 0.1) is 0 Å². The molecule has 19 heavy (non-hydrogen) atoms. The molecule has 2 amide bonds. The Kier molecular flexibility index (Phi) is 6.87. The second kappa shape index (κ2) is 7.36. The highest BCUT2D eigenvalue weighted by Crippen LogP contribution is 2.19. The van der Waals surface area contributed by atoms with Gasteiger partial charge in [0.25, 0.3) is 0 Å². The molecule has 0 aromatic rings. The van der Waals surface area contributed by atoms with Crippen molar-refractivity contribution in [3.05, 3.63) is 0 Å². The Bertz CT molecular complexity index is 308. The van der Waals surface area contributed by atoms with E-state index in [2.05, 4.69) is 24.5 Å². The Morgan fingerprint density at radius 2 is 1.58 bits per heavy atom. The summed E-state index contributed by atoms with van der Waals surface area (Å²) in [6.07, 6.45) is 1.92. The van der Waals surface area contributed by atoms with Gasteiger partial charge in [0, 0.05) is 6.04 Å². The lowest BCUT2D eigenvalue weighted by atomic mass is 9.87. The number of carboxylic acids is 1. The van der Waals surface area contributed by atoms with Gasteiger partial charge >= 0.3 is 12.0 Å². The molecule has 0 aliphatic carbocycles. The molecule has 5 heteroatoms. The molecule has 3 N–H and O–H groups in total. The summed E-state index contributed by atoms with van der Waals surface area (Å²) in [4.78, 5) is 22.9. The molecule has 0 aromatic carbocycles. The lowest BCUT2D eigenvalue weighted by Crippen LogP contribution is -2.53. The van der Waals surface area contributed by atoms with Crippen LogP contribution >= 0.6 is 0 Å². The van der Waals surface area contributed by atoms with Crippen molar-refractivity contribution in [3.63, 3.8) is 0 Å². The van der Waals surface area contributed by atoms with Gasteiger partial charge in [-0.05, 0) is 31.1 Å². The van der Waals surface area contributed by atoms with Gasteiger partial charge in [0.15, 0.2) is 0 Å². The van der Waals surface area contributed by atoms with Crippen LogP contribution in [0.3, 0.4) is 0 Å². The monoisotopic (exact) mass is 272 g/mol. The zero-order valence-electron chi connectivity index (χ0n) is 12.9. The van der Waals surface area contributed by atoms with E-state index in [0.717, 1.165) is 12.8 Å². The fourth-order valence-corrected chi connectivity index (χ4v) is 1.70.